The van der Waals surface area contributed by atoms with E-state index in [-0.39, 0.29) is 42.3 Å². The van der Waals surface area contributed by atoms with Gasteiger partial charge < -0.3 is 18.5 Å². The summed E-state index contributed by atoms with van der Waals surface area (Å²) in [5, 5.41) is 8.93. The molecule has 0 radical (unpaired) electrons. The molecule has 10 heteroatoms. The fourth-order valence-electron chi connectivity index (χ4n) is 3.75. The third-order valence-corrected chi connectivity index (χ3v) is 7.23. The highest BCUT2D eigenvalue weighted by Crippen LogP contribution is 2.51. The Kier molecular flexibility index (Phi) is 10.0. The summed E-state index contributed by atoms with van der Waals surface area (Å²) >= 11 is 0. The molecular formula is C21H35N4O5P. The second-order valence-corrected chi connectivity index (χ2v) is 9.66. The van der Waals surface area contributed by atoms with Crippen molar-refractivity contribution >= 4 is 8.53 Å². The molecule has 1 aromatic heterocycles. The molecule has 1 aliphatic rings. The third-order valence-electron chi connectivity index (χ3n) is 5.10. The van der Waals surface area contributed by atoms with Crippen molar-refractivity contribution in [2.24, 2.45) is 5.92 Å². The Bertz CT molecular complexity index is 789. The summed E-state index contributed by atoms with van der Waals surface area (Å²) in [5.41, 5.74) is 0.305. The summed E-state index contributed by atoms with van der Waals surface area (Å²) in [6.45, 7) is 12.8. The molecule has 5 atom stereocenters. The van der Waals surface area contributed by atoms with Gasteiger partial charge in [-0.3, -0.25) is 4.57 Å². The van der Waals surface area contributed by atoms with Gasteiger partial charge in [0.15, 0.2) is 0 Å². The number of nitrogens with zero attached hydrogens (tertiary/aromatic N) is 4. The number of aryl methyl sites for hydroxylation is 1. The number of nitriles is 1. The molecule has 0 aliphatic carbocycles. The van der Waals surface area contributed by atoms with Crippen LogP contribution in [-0.2, 0) is 18.5 Å². The van der Waals surface area contributed by atoms with Gasteiger partial charge in [0.1, 0.15) is 18.4 Å². The zero-order valence-electron chi connectivity index (χ0n) is 19.5. The largest absolute Gasteiger partial charge is 0.382 e. The SMILES string of the molecule is COC[C@H]1O[C@@H](n2ccc(C)nc2=O)[C@@H](C)C1OP(OCCC#N)N(C(C)C)C(C)C. The van der Waals surface area contributed by atoms with Crippen LogP contribution in [0, 0.1) is 24.2 Å². The summed E-state index contributed by atoms with van der Waals surface area (Å²) < 4.78 is 27.9. The van der Waals surface area contributed by atoms with Crippen molar-refractivity contribution in [2.45, 2.75) is 78.5 Å². The molecule has 0 spiro atoms. The Morgan fingerprint density at radius 2 is 2.03 bits per heavy atom. The molecule has 2 unspecified atom stereocenters. The van der Waals surface area contributed by atoms with Gasteiger partial charge in [0, 0.05) is 37.0 Å². The Balaban J connectivity index is 2.31. The molecule has 1 saturated heterocycles. The molecule has 9 nitrogen and oxygen atoms in total. The highest BCUT2D eigenvalue weighted by atomic mass is 31.2. The van der Waals surface area contributed by atoms with E-state index in [0.717, 1.165) is 0 Å². The van der Waals surface area contributed by atoms with Gasteiger partial charge in [0.2, 0.25) is 0 Å². The maximum atomic E-state index is 12.5. The second kappa shape index (κ2) is 12.0. The van der Waals surface area contributed by atoms with Crippen LogP contribution in [0.3, 0.4) is 0 Å². The summed E-state index contributed by atoms with van der Waals surface area (Å²) in [6, 6.07) is 4.27. The number of rotatable bonds is 11. The highest BCUT2D eigenvalue weighted by molar-refractivity contribution is 7.44. The van der Waals surface area contributed by atoms with Crippen LogP contribution in [0.5, 0.6) is 0 Å². The summed E-state index contributed by atoms with van der Waals surface area (Å²) in [7, 11) is 0.163. The zero-order valence-corrected chi connectivity index (χ0v) is 20.4. The lowest BCUT2D eigenvalue weighted by atomic mass is 10.0. The lowest BCUT2D eigenvalue weighted by molar-refractivity contribution is -0.0544. The standard InChI is InChI=1S/C21H35N4O5P/c1-14(2)25(15(3)4)31(28-12-8-10-22)30-19-17(6)20(29-18(19)13-27-7)24-11-9-16(5)23-21(24)26/h9,11,14-15,17-20H,8,12-13H2,1-7H3/t17-,18+,19?,20+,31?/m0/s1. The van der Waals surface area contributed by atoms with Crippen molar-refractivity contribution in [3.63, 3.8) is 0 Å². The number of aromatic nitrogens is 2. The van der Waals surface area contributed by atoms with E-state index in [1.54, 1.807) is 26.3 Å². The fraction of sp³-hybridized carbons (Fsp3) is 0.762. The predicted molar refractivity (Wildman–Crippen MR) is 118 cm³/mol. The molecule has 0 amide bonds. The van der Waals surface area contributed by atoms with Crippen molar-refractivity contribution in [1.82, 2.24) is 14.2 Å². The van der Waals surface area contributed by atoms with Crippen molar-refractivity contribution < 1.29 is 18.5 Å². The van der Waals surface area contributed by atoms with Gasteiger partial charge in [-0.05, 0) is 40.7 Å². The van der Waals surface area contributed by atoms with Gasteiger partial charge in [0.05, 0.1) is 25.7 Å². The van der Waals surface area contributed by atoms with Gasteiger partial charge in [-0.2, -0.15) is 10.2 Å². The quantitative estimate of drug-likeness (QED) is 0.371. The first-order valence-corrected chi connectivity index (χ1v) is 11.8. The first-order valence-electron chi connectivity index (χ1n) is 10.7. The van der Waals surface area contributed by atoms with E-state index in [9.17, 15) is 4.79 Å². The van der Waals surface area contributed by atoms with Crippen LogP contribution in [0.25, 0.3) is 0 Å². The van der Waals surface area contributed by atoms with Gasteiger partial charge >= 0.3 is 5.69 Å². The minimum Gasteiger partial charge on any atom is -0.382 e. The molecule has 0 aromatic carbocycles. The first-order chi connectivity index (χ1) is 14.7. The van der Waals surface area contributed by atoms with E-state index >= 15 is 0 Å². The Labute approximate surface area is 186 Å². The van der Waals surface area contributed by atoms with Crippen LogP contribution in [0.15, 0.2) is 17.1 Å². The van der Waals surface area contributed by atoms with Crippen LogP contribution in [0.1, 0.15) is 53.0 Å². The Hall–Kier alpha value is -1.40. The average Bonchev–Trinajstić information content (AvgIpc) is 2.97. The minimum atomic E-state index is -1.45. The topological polar surface area (TPSA) is 98.8 Å². The van der Waals surface area contributed by atoms with Crippen LogP contribution < -0.4 is 5.69 Å². The number of ether oxygens (including phenoxy) is 2. The normalized spacial score (nSPS) is 24.8. The monoisotopic (exact) mass is 454 g/mol. The van der Waals surface area contributed by atoms with Gasteiger partial charge in [-0.15, -0.1) is 0 Å². The van der Waals surface area contributed by atoms with Crippen LogP contribution in [-0.4, -0.2) is 58.8 Å². The van der Waals surface area contributed by atoms with E-state index in [4.69, 9.17) is 23.8 Å². The molecule has 1 aromatic rings. The van der Waals surface area contributed by atoms with Gasteiger partial charge in [-0.1, -0.05) is 6.92 Å². The molecule has 2 heterocycles. The molecule has 2 rings (SSSR count). The highest BCUT2D eigenvalue weighted by Gasteiger charge is 2.46. The average molecular weight is 455 g/mol. The summed E-state index contributed by atoms with van der Waals surface area (Å²) in [6.07, 6.45) is 0.750. The predicted octanol–water partition coefficient (Wildman–Crippen LogP) is 3.39. The number of hydrogen-bond acceptors (Lipinski definition) is 8. The van der Waals surface area contributed by atoms with E-state index < -0.39 is 14.8 Å². The molecule has 31 heavy (non-hydrogen) atoms. The molecule has 0 N–H and O–H groups in total. The van der Waals surface area contributed by atoms with E-state index in [2.05, 4.69) is 43.4 Å². The fourth-order valence-corrected chi connectivity index (χ4v) is 5.59. The molecule has 0 bridgehead atoms. The molecule has 174 valence electrons. The summed E-state index contributed by atoms with van der Waals surface area (Å²) in [5.74, 6) is -0.145. The summed E-state index contributed by atoms with van der Waals surface area (Å²) in [4.78, 5) is 16.5. The maximum absolute atomic E-state index is 12.5. The third kappa shape index (κ3) is 6.55. The zero-order chi connectivity index (χ0) is 23.1. The van der Waals surface area contributed by atoms with Crippen LogP contribution in [0.4, 0.5) is 0 Å². The van der Waals surface area contributed by atoms with Crippen LogP contribution in [0.2, 0.25) is 0 Å². The number of methoxy groups -OCH3 is 1. The van der Waals surface area contributed by atoms with E-state index in [1.165, 1.54) is 4.57 Å². The molecule has 0 saturated carbocycles. The van der Waals surface area contributed by atoms with Crippen molar-refractivity contribution in [1.29, 1.82) is 5.26 Å². The first kappa shape index (κ1) is 25.9. The van der Waals surface area contributed by atoms with Crippen molar-refractivity contribution in [2.75, 3.05) is 20.3 Å². The van der Waals surface area contributed by atoms with E-state index in [1.807, 2.05) is 6.92 Å². The Morgan fingerprint density at radius 1 is 1.35 bits per heavy atom. The molecule has 1 fully saturated rings. The smallest absolute Gasteiger partial charge is 0.349 e. The lowest BCUT2D eigenvalue weighted by Gasteiger charge is -2.38. The second-order valence-electron chi connectivity index (χ2n) is 8.26. The maximum Gasteiger partial charge on any atom is 0.349 e. The van der Waals surface area contributed by atoms with Crippen molar-refractivity contribution in [3.05, 3.63) is 28.4 Å². The van der Waals surface area contributed by atoms with Gasteiger partial charge in [-0.25, -0.2) is 9.46 Å². The van der Waals surface area contributed by atoms with Gasteiger partial charge in [0.25, 0.3) is 8.53 Å². The Morgan fingerprint density at radius 3 is 2.58 bits per heavy atom. The number of hydrogen-bond donors (Lipinski definition) is 0. The van der Waals surface area contributed by atoms with Crippen molar-refractivity contribution in [3.8, 4) is 6.07 Å². The lowest BCUT2D eigenvalue weighted by Crippen LogP contribution is -2.38. The van der Waals surface area contributed by atoms with Crippen LogP contribution >= 0.6 is 8.53 Å². The van der Waals surface area contributed by atoms with E-state index in [0.29, 0.717) is 18.9 Å². The molecular weight excluding hydrogens is 419 g/mol. The molecule has 1 aliphatic heterocycles. The minimum absolute atomic E-state index is 0.145.